The van der Waals surface area contributed by atoms with Crippen LogP contribution in [-0.2, 0) is 64.8 Å². The number of hydrogen-bond acceptors (Lipinski definition) is 6. The first-order valence-electron chi connectivity index (χ1n) is 28.9. The number of nitrogens with zero attached hydrogens (tertiary/aromatic N) is 3. The van der Waals surface area contributed by atoms with Crippen LogP contribution in [0, 0.1) is 5.92 Å². The van der Waals surface area contributed by atoms with E-state index < -0.39 is 0 Å². The summed E-state index contributed by atoms with van der Waals surface area (Å²) >= 11 is 16.5. The van der Waals surface area contributed by atoms with Gasteiger partial charge in [-0.3, -0.25) is 14.7 Å². The molecule has 8 aromatic rings. The van der Waals surface area contributed by atoms with Gasteiger partial charge in [0.25, 0.3) is 0 Å². The molecular formula is C69H79N9S3. The van der Waals surface area contributed by atoms with E-state index in [1.165, 1.54) is 96.4 Å². The summed E-state index contributed by atoms with van der Waals surface area (Å²) < 4.78 is 0. The molecule has 81 heavy (non-hydrogen) atoms. The van der Waals surface area contributed by atoms with Gasteiger partial charge in [0.2, 0.25) is 0 Å². The fourth-order valence-electron chi connectivity index (χ4n) is 12.0. The molecule has 0 aromatic heterocycles. The number of rotatable bonds is 13. The second-order valence-corrected chi connectivity index (χ2v) is 23.8. The van der Waals surface area contributed by atoms with Crippen molar-refractivity contribution in [2.45, 2.75) is 89.4 Å². The number of thiocarbonyl (C=S) groups is 3. The summed E-state index contributed by atoms with van der Waals surface area (Å²) in [5, 5.41) is 27.6. The van der Waals surface area contributed by atoms with E-state index in [0.717, 1.165) is 99.4 Å². The van der Waals surface area contributed by atoms with E-state index in [9.17, 15) is 0 Å². The molecule has 0 amide bonds. The van der Waals surface area contributed by atoms with Crippen molar-refractivity contribution < 1.29 is 0 Å². The van der Waals surface area contributed by atoms with Gasteiger partial charge in [0.1, 0.15) is 0 Å². The van der Waals surface area contributed by atoms with Crippen LogP contribution in [0.5, 0.6) is 0 Å². The first-order chi connectivity index (χ1) is 39.6. The van der Waals surface area contributed by atoms with E-state index in [2.05, 4.69) is 250 Å². The van der Waals surface area contributed by atoms with Gasteiger partial charge in [0.15, 0.2) is 15.3 Å². The minimum absolute atomic E-state index is 0.459. The summed E-state index contributed by atoms with van der Waals surface area (Å²) in [6.07, 6.45) is 6.81. The molecule has 1 aliphatic carbocycles. The molecule has 4 aliphatic rings. The third-order valence-electron chi connectivity index (χ3n) is 16.9. The minimum atomic E-state index is 0.459. The fourth-order valence-corrected chi connectivity index (χ4v) is 12.5. The Morgan fingerprint density at radius 3 is 1.04 bits per heavy atom. The predicted octanol–water partition coefficient (Wildman–Crippen LogP) is 11.0. The lowest BCUT2D eigenvalue weighted by atomic mass is 9.94. The fraction of sp³-hybridized carbons (Fsp3) is 0.319. The summed E-state index contributed by atoms with van der Waals surface area (Å²) in [5.74, 6) is 0.749. The predicted molar refractivity (Wildman–Crippen MR) is 350 cm³/mol. The molecule has 12 heteroatoms. The van der Waals surface area contributed by atoms with Crippen LogP contribution in [0.2, 0.25) is 0 Å². The number of nitrogens with one attached hydrogen (secondary N) is 6. The summed E-state index contributed by atoms with van der Waals surface area (Å²) in [7, 11) is 6.58. The summed E-state index contributed by atoms with van der Waals surface area (Å²) in [6, 6.07) is 66.4. The number of benzene rings is 8. The van der Waals surface area contributed by atoms with E-state index >= 15 is 0 Å². The molecule has 8 aromatic carbocycles. The Hall–Kier alpha value is -6.77. The Labute approximate surface area is 497 Å². The van der Waals surface area contributed by atoms with Crippen LogP contribution < -0.4 is 31.9 Å². The molecule has 418 valence electrons. The van der Waals surface area contributed by atoms with Crippen LogP contribution in [0.3, 0.4) is 0 Å². The average Bonchev–Trinajstić information content (AvgIpc) is 3.95. The average molecular weight is 1130 g/mol. The Kier molecular flexibility index (Phi) is 20.1. The molecule has 0 fully saturated rings. The highest BCUT2D eigenvalue weighted by Gasteiger charge is 2.26. The molecule has 3 unspecified atom stereocenters. The zero-order chi connectivity index (χ0) is 55.9. The monoisotopic (exact) mass is 1130 g/mol. The largest absolute Gasteiger partial charge is 0.363 e. The van der Waals surface area contributed by atoms with Gasteiger partial charge in [0.05, 0.1) is 0 Å². The van der Waals surface area contributed by atoms with E-state index in [1.807, 2.05) is 0 Å². The first kappa shape index (κ1) is 57.5. The molecule has 6 N–H and O–H groups in total. The first-order valence-corrected chi connectivity index (χ1v) is 30.2. The Morgan fingerprint density at radius 1 is 0.358 bits per heavy atom. The van der Waals surface area contributed by atoms with Gasteiger partial charge in [-0.25, -0.2) is 0 Å². The van der Waals surface area contributed by atoms with Crippen LogP contribution in [0.4, 0.5) is 0 Å². The highest BCUT2D eigenvalue weighted by molar-refractivity contribution is 7.80. The van der Waals surface area contributed by atoms with Crippen molar-refractivity contribution >= 4 is 73.5 Å². The Morgan fingerprint density at radius 2 is 0.667 bits per heavy atom. The van der Waals surface area contributed by atoms with Crippen LogP contribution in [0.15, 0.2) is 182 Å². The van der Waals surface area contributed by atoms with E-state index in [0.29, 0.717) is 18.1 Å². The lowest BCUT2D eigenvalue weighted by Crippen LogP contribution is -2.47. The van der Waals surface area contributed by atoms with Crippen LogP contribution in [0.1, 0.15) is 62.1 Å². The maximum absolute atomic E-state index is 5.51. The second-order valence-electron chi connectivity index (χ2n) is 22.6. The molecule has 0 saturated heterocycles. The highest BCUT2D eigenvalue weighted by Crippen LogP contribution is 2.29. The van der Waals surface area contributed by atoms with Crippen molar-refractivity contribution in [2.75, 3.05) is 47.3 Å². The lowest BCUT2D eigenvalue weighted by Gasteiger charge is -2.34. The molecule has 3 atom stereocenters. The van der Waals surface area contributed by atoms with Crippen molar-refractivity contribution in [2.24, 2.45) is 5.92 Å². The summed E-state index contributed by atoms with van der Waals surface area (Å²) in [4.78, 5) is 7.23. The van der Waals surface area contributed by atoms with Gasteiger partial charge in [0, 0.05) is 77.0 Å². The van der Waals surface area contributed by atoms with Gasteiger partial charge >= 0.3 is 0 Å². The molecule has 3 aliphatic heterocycles. The highest BCUT2D eigenvalue weighted by atomic mass is 32.1. The van der Waals surface area contributed by atoms with Crippen molar-refractivity contribution in [1.29, 1.82) is 0 Å². The quantitative estimate of drug-likeness (QED) is 0.0623. The maximum Gasteiger partial charge on any atom is 0.166 e. The minimum Gasteiger partial charge on any atom is -0.363 e. The zero-order valence-corrected chi connectivity index (χ0v) is 49.8. The third-order valence-corrected chi connectivity index (χ3v) is 17.7. The van der Waals surface area contributed by atoms with Crippen LogP contribution in [0.25, 0.3) is 21.5 Å². The SMILES string of the molecule is CN1Cc2ccccc2CC1CNC(=S)NCCC1Cc2ccccc2C1.CN1Cc2ccccc2CC1CNC(=S)NCc1ccc2ccccc2c1.CN1Cc2ccccc2CC1CNC(=S)NCc1ccc2ccccc2c1. The van der Waals surface area contributed by atoms with E-state index in [4.69, 9.17) is 36.7 Å². The number of hydrogen-bond donors (Lipinski definition) is 6. The zero-order valence-electron chi connectivity index (χ0n) is 47.3. The molecule has 0 spiro atoms. The van der Waals surface area contributed by atoms with Crippen LogP contribution >= 0.6 is 36.7 Å². The molecule has 0 bridgehead atoms. The van der Waals surface area contributed by atoms with Gasteiger partial charge in [-0.05, 0) is 192 Å². The van der Waals surface area contributed by atoms with Crippen molar-refractivity contribution in [3.63, 3.8) is 0 Å². The molecule has 0 radical (unpaired) electrons. The van der Waals surface area contributed by atoms with Crippen molar-refractivity contribution in [3.05, 3.63) is 238 Å². The molecule has 3 heterocycles. The molecular weight excluding hydrogens is 1050 g/mol. The van der Waals surface area contributed by atoms with Crippen LogP contribution in [-0.4, -0.2) is 95.5 Å². The molecule has 9 nitrogen and oxygen atoms in total. The molecule has 0 saturated carbocycles. The van der Waals surface area contributed by atoms with Gasteiger partial charge in [-0.15, -0.1) is 0 Å². The summed E-state index contributed by atoms with van der Waals surface area (Å²) in [6.45, 7) is 8.05. The Balaban J connectivity index is 0.000000136. The van der Waals surface area contributed by atoms with Gasteiger partial charge in [-0.2, -0.15) is 0 Å². The normalized spacial score (nSPS) is 17.6. The smallest absolute Gasteiger partial charge is 0.166 e. The molecule has 12 rings (SSSR count). The maximum atomic E-state index is 5.51. The van der Waals surface area contributed by atoms with E-state index in [-0.39, 0.29) is 0 Å². The lowest BCUT2D eigenvalue weighted by molar-refractivity contribution is 0.216. The van der Waals surface area contributed by atoms with E-state index in [1.54, 1.807) is 0 Å². The van der Waals surface area contributed by atoms with Crippen molar-refractivity contribution in [3.8, 4) is 0 Å². The van der Waals surface area contributed by atoms with Gasteiger partial charge in [-0.1, -0.05) is 170 Å². The summed E-state index contributed by atoms with van der Waals surface area (Å²) in [5.41, 5.74) is 14.3. The van der Waals surface area contributed by atoms with Crippen molar-refractivity contribution in [1.82, 2.24) is 46.6 Å². The number of likely N-dealkylation sites (N-methyl/N-ethyl adjacent to an activating group) is 3. The topological polar surface area (TPSA) is 81.9 Å². The third kappa shape index (κ3) is 16.0. The standard InChI is InChI=1S/2C23H25N3S.C23H29N3S/c2*1-26-16-21-9-5-4-8-20(21)13-22(26)15-25-23(27)24-14-17-10-11-18-6-2-3-7-19(18)12-17;1-26-16-21-9-5-4-8-20(21)14-22(26)15-25-23(27)24-11-10-17-12-18-6-2-3-7-19(18)13-17/h2*2-12,22H,13-16H2,1H3,(H2,24,25,27);2-9,17,22H,10-16H2,1H3,(H2,24,25,27). The Bertz CT molecular complexity index is 3240. The number of fused-ring (bicyclic) bond motifs is 6. The van der Waals surface area contributed by atoms with Gasteiger partial charge < -0.3 is 31.9 Å². The second kappa shape index (κ2) is 28.3.